The van der Waals surface area contributed by atoms with Crippen LogP contribution in [0.25, 0.3) is 0 Å². The Hall–Kier alpha value is -1.69. The van der Waals surface area contributed by atoms with Gasteiger partial charge in [-0.3, -0.25) is 4.79 Å². The SMILES string of the molecule is CCNc1ccc(C(=O)NCC(C)OCC)nn1. The van der Waals surface area contributed by atoms with Crippen LogP contribution in [0.15, 0.2) is 12.1 Å². The maximum absolute atomic E-state index is 11.7. The molecule has 1 amide bonds. The third kappa shape index (κ3) is 4.67. The quantitative estimate of drug-likeness (QED) is 0.759. The van der Waals surface area contributed by atoms with Crippen LogP contribution in [0.1, 0.15) is 31.3 Å². The zero-order valence-corrected chi connectivity index (χ0v) is 11.1. The van der Waals surface area contributed by atoms with Gasteiger partial charge in [-0.15, -0.1) is 10.2 Å². The van der Waals surface area contributed by atoms with Crippen LogP contribution in [0, 0.1) is 0 Å². The fourth-order valence-corrected chi connectivity index (χ4v) is 1.40. The number of anilines is 1. The van der Waals surface area contributed by atoms with E-state index in [0.29, 0.717) is 24.7 Å². The first-order valence-electron chi connectivity index (χ1n) is 6.14. The first-order chi connectivity index (χ1) is 8.67. The number of carbonyl (C=O) groups excluding carboxylic acids is 1. The van der Waals surface area contributed by atoms with E-state index in [1.807, 2.05) is 20.8 Å². The second kappa shape index (κ2) is 7.60. The van der Waals surface area contributed by atoms with Crippen LogP contribution in [0.5, 0.6) is 0 Å². The van der Waals surface area contributed by atoms with Crippen molar-refractivity contribution in [2.45, 2.75) is 26.9 Å². The summed E-state index contributed by atoms with van der Waals surface area (Å²) in [4.78, 5) is 11.7. The Morgan fingerprint density at radius 3 is 2.72 bits per heavy atom. The lowest BCUT2D eigenvalue weighted by Gasteiger charge is -2.12. The van der Waals surface area contributed by atoms with E-state index in [-0.39, 0.29) is 12.0 Å². The highest BCUT2D eigenvalue weighted by Crippen LogP contribution is 2.01. The van der Waals surface area contributed by atoms with E-state index in [0.717, 1.165) is 6.54 Å². The van der Waals surface area contributed by atoms with Gasteiger partial charge in [0.15, 0.2) is 5.69 Å². The molecule has 0 aliphatic carbocycles. The maximum Gasteiger partial charge on any atom is 0.271 e. The molecule has 0 radical (unpaired) electrons. The van der Waals surface area contributed by atoms with Gasteiger partial charge in [0.2, 0.25) is 0 Å². The van der Waals surface area contributed by atoms with E-state index in [2.05, 4.69) is 20.8 Å². The molecular weight excluding hydrogens is 232 g/mol. The van der Waals surface area contributed by atoms with Crippen LogP contribution < -0.4 is 10.6 Å². The lowest BCUT2D eigenvalue weighted by atomic mass is 10.3. The average Bonchev–Trinajstić information content (AvgIpc) is 2.37. The van der Waals surface area contributed by atoms with Crippen molar-refractivity contribution in [3.63, 3.8) is 0 Å². The van der Waals surface area contributed by atoms with Crippen molar-refractivity contribution in [2.75, 3.05) is 25.0 Å². The van der Waals surface area contributed by atoms with Crippen molar-refractivity contribution in [3.05, 3.63) is 17.8 Å². The molecule has 6 heteroatoms. The van der Waals surface area contributed by atoms with Crippen molar-refractivity contribution in [1.82, 2.24) is 15.5 Å². The highest BCUT2D eigenvalue weighted by Gasteiger charge is 2.09. The number of hydrogen-bond acceptors (Lipinski definition) is 5. The van der Waals surface area contributed by atoms with Crippen LogP contribution in [0.3, 0.4) is 0 Å². The van der Waals surface area contributed by atoms with E-state index in [1.165, 1.54) is 0 Å². The molecule has 0 bridgehead atoms. The van der Waals surface area contributed by atoms with Crippen molar-refractivity contribution < 1.29 is 9.53 Å². The number of hydrogen-bond donors (Lipinski definition) is 2. The second-order valence-electron chi connectivity index (χ2n) is 3.81. The lowest BCUT2D eigenvalue weighted by Crippen LogP contribution is -2.32. The van der Waals surface area contributed by atoms with Crippen molar-refractivity contribution in [1.29, 1.82) is 0 Å². The Morgan fingerprint density at radius 2 is 2.17 bits per heavy atom. The zero-order chi connectivity index (χ0) is 13.4. The molecule has 0 aliphatic heterocycles. The first-order valence-corrected chi connectivity index (χ1v) is 6.14. The standard InChI is InChI=1S/C12H20N4O2/c1-4-13-11-7-6-10(15-16-11)12(17)14-8-9(3)18-5-2/h6-7,9H,4-5,8H2,1-3H3,(H,13,16)(H,14,17). The molecule has 100 valence electrons. The summed E-state index contributed by atoms with van der Waals surface area (Å²) in [5.41, 5.74) is 0.306. The molecule has 0 fully saturated rings. The molecule has 0 aromatic carbocycles. The van der Waals surface area contributed by atoms with E-state index < -0.39 is 0 Å². The number of carbonyl (C=O) groups is 1. The number of aromatic nitrogens is 2. The molecule has 0 aliphatic rings. The second-order valence-corrected chi connectivity index (χ2v) is 3.81. The zero-order valence-electron chi connectivity index (χ0n) is 11.1. The smallest absolute Gasteiger partial charge is 0.271 e. The van der Waals surface area contributed by atoms with Crippen molar-refractivity contribution in [3.8, 4) is 0 Å². The minimum atomic E-state index is -0.239. The fraction of sp³-hybridized carbons (Fsp3) is 0.583. The Kier molecular flexibility index (Phi) is 6.07. The van der Waals surface area contributed by atoms with Gasteiger partial charge in [-0.2, -0.15) is 0 Å². The molecule has 0 saturated carbocycles. The summed E-state index contributed by atoms with van der Waals surface area (Å²) in [5.74, 6) is 0.425. The average molecular weight is 252 g/mol. The predicted octanol–water partition coefficient (Wildman–Crippen LogP) is 1.06. The topological polar surface area (TPSA) is 76.1 Å². The monoisotopic (exact) mass is 252 g/mol. The van der Waals surface area contributed by atoms with Crippen molar-refractivity contribution >= 4 is 11.7 Å². The minimum absolute atomic E-state index is 0.00654. The molecule has 2 N–H and O–H groups in total. The van der Waals surface area contributed by atoms with Crippen molar-refractivity contribution in [2.24, 2.45) is 0 Å². The summed E-state index contributed by atoms with van der Waals surface area (Å²) in [7, 11) is 0. The molecular formula is C12H20N4O2. The summed E-state index contributed by atoms with van der Waals surface area (Å²) in [6.45, 7) is 7.66. The van der Waals surface area contributed by atoms with Gasteiger partial charge >= 0.3 is 0 Å². The molecule has 1 aromatic rings. The van der Waals surface area contributed by atoms with E-state index in [4.69, 9.17) is 4.74 Å². The molecule has 1 rings (SSSR count). The number of ether oxygens (including phenoxy) is 1. The Bertz CT molecular complexity index is 367. The summed E-state index contributed by atoms with van der Waals surface area (Å²) in [6, 6.07) is 3.38. The van der Waals surface area contributed by atoms with Crippen LogP contribution in [-0.2, 0) is 4.74 Å². The summed E-state index contributed by atoms with van der Waals surface area (Å²) in [6.07, 6.45) is -0.00654. The maximum atomic E-state index is 11.7. The number of nitrogens with zero attached hydrogens (tertiary/aromatic N) is 2. The summed E-state index contributed by atoms with van der Waals surface area (Å²) in [5, 5.41) is 13.5. The van der Waals surface area contributed by atoms with Gasteiger partial charge in [0.25, 0.3) is 5.91 Å². The van der Waals surface area contributed by atoms with E-state index in [1.54, 1.807) is 12.1 Å². The van der Waals surface area contributed by atoms with Gasteiger partial charge in [0.05, 0.1) is 6.10 Å². The van der Waals surface area contributed by atoms with E-state index >= 15 is 0 Å². The predicted molar refractivity (Wildman–Crippen MR) is 69.6 cm³/mol. The van der Waals surface area contributed by atoms with Gasteiger partial charge in [0.1, 0.15) is 5.82 Å². The van der Waals surface area contributed by atoms with Gasteiger partial charge < -0.3 is 15.4 Å². The highest BCUT2D eigenvalue weighted by molar-refractivity contribution is 5.92. The Labute approximate surface area is 107 Å². The third-order valence-corrected chi connectivity index (χ3v) is 2.26. The van der Waals surface area contributed by atoms with Crippen LogP contribution >= 0.6 is 0 Å². The molecule has 1 aromatic heterocycles. The third-order valence-electron chi connectivity index (χ3n) is 2.26. The van der Waals surface area contributed by atoms with E-state index in [9.17, 15) is 4.79 Å². The first kappa shape index (κ1) is 14.4. The molecule has 1 heterocycles. The Morgan fingerprint density at radius 1 is 1.39 bits per heavy atom. The van der Waals surface area contributed by atoms with Gasteiger partial charge in [-0.1, -0.05) is 0 Å². The highest BCUT2D eigenvalue weighted by atomic mass is 16.5. The molecule has 0 spiro atoms. The number of nitrogens with one attached hydrogen (secondary N) is 2. The fourth-order valence-electron chi connectivity index (χ4n) is 1.40. The lowest BCUT2D eigenvalue weighted by molar-refractivity contribution is 0.0693. The molecule has 18 heavy (non-hydrogen) atoms. The number of rotatable bonds is 7. The molecule has 1 atom stereocenters. The minimum Gasteiger partial charge on any atom is -0.377 e. The van der Waals surface area contributed by atoms with Crippen LogP contribution in [0.4, 0.5) is 5.82 Å². The molecule has 1 unspecified atom stereocenters. The summed E-state index contributed by atoms with van der Waals surface area (Å²) < 4.78 is 5.32. The normalized spacial score (nSPS) is 11.9. The molecule has 0 saturated heterocycles. The van der Waals surface area contributed by atoms with Crippen LogP contribution in [-0.4, -0.2) is 41.9 Å². The van der Waals surface area contributed by atoms with Crippen LogP contribution in [0.2, 0.25) is 0 Å². The van der Waals surface area contributed by atoms with Gasteiger partial charge in [-0.25, -0.2) is 0 Å². The van der Waals surface area contributed by atoms with Gasteiger partial charge in [-0.05, 0) is 32.9 Å². The largest absolute Gasteiger partial charge is 0.377 e. The Balaban J connectivity index is 2.46. The molecule has 6 nitrogen and oxygen atoms in total. The summed E-state index contributed by atoms with van der Waals surface area (Å²) >= 11 is 0. The number of amides is 1. The van der Waals surface area contributed by atoms with Gasteiger partial charge in [0, 0.05) is 19.7 Å².